The minimum absolute atomic E-state index is 0.0661. The van der Waals surface area contributed by atoms with Gasteiger partial charge in [-0.05, 0) is 40.9 Å². The lowest BCUT2D eigenvalue weighted by atomic mass is 10.2. The highest BCUT2D eigenvalue weighted by Gasteiger charge is 2.36. The first-order valence-electron chi connectivity index (χ1n) is 4.95. The van der Waals surface area contributed by atoms with Crippen molar-refractivity contribution in [1.82, 2.24) is 0 Å². The first-order valence-corrected chi connectivity index (χ1v) is 7.29. The van der Waals surface area contributed by atoms with Crippen LogP contribution in [0.25, 0.3) is 0 Å². The number of carbonyl (C=O) groups is 1. The monoisotopic (exact) mass is 319 g/mol. The summed E-state index contributed by atoms with van der Waals surface area (Å²) >= 11 is 3.15. The number of sulfonamides is 1. The summed E-state index contributed by atoms with van der Waals surface area (Å²) in [6, 6.07) is 4.50. The summed E-state index contributed by atoms with van der Waals surface area (Å²) in [7, 11) is -3.46. The molecule has 1 aliphatic carbocycles. The molecule has 0 amide bonds. The Morgan fingerprint density at radius 1 is 1.41 bits per heavy atom. The molecule has 0 saturated heterocycles. The molecule has 1 fully saturated rings. The Bertz CT molecular complexity index is 566. The van der Waals surface area contributed by atoms with Crippen LogP contribution in [0.5, 0.6) is 0 Å². The van der Waals surface area contributed by atoms with Crippen molar-refractivity contribution in [2.45, 2.75) is 18.1 Å². The van der Waals surface area contributed by atoms with E-state index in [0.29, 0.717) is 17.3 Å². The third-order valence-electron chi connectivity index (χ3n) is 2.45. The molecule has 92 valence electrons. The first-order chi connectivity index (χ1) is 7.92. The molecule has 1 aromatic carbocycles. The van der Waals surface area contributed by atoms with E-state index in [0.717, 1.165) is 0 Å². The van der Waals surface area contributed by atoms with Gasteiger partial charge in [0.2, 0.25) is 10.0 Å². The number of carboxylic acids is 1. The van der Waals surface area contributed by atoms with Gasteiger partial charge in [0.1, 0.15) is 0 Å². The van der Waals surface area contributed by atoms with Crippen molar-refractivity contribution in [3.8, 4) is 0 Å². The predicted molar refractivity (Wildman–Crippen MR) is 66.7 cm³/mol. The van der Waals surface area contributed by atoms with Crippen molar-refractivity contribution in [1.29, 1.82) is 0 Å². The fourth-order valence-electron chi connectivity index (χ4n) is 1.41. The quantitative estimate of drug-likeness (QED) is 0.889. The summed E-state index contributed by atoms with van der Waals surface area (Å²) in [5.74, 6) is -1.17. The van der Waals surface area contributed by atoms with E-state index < -0.39 is 21.2 Å². The summed E-state index contributed by atoms with van der Waals surface area (Å²) in [6.45, 7) is 0. The maximum absolute atomic E-state index is 11.8. The Balaban J connectivity index is 2.41. The second-order valence-electron chi connectivity index (χ2n) is 3.81. The van der Waals surface area contributed by atoms with E-state index in [2.05, 4.69) is 20.7 Å². The first kappa shape index (κ1) is 12.4. The van der Waals surface area contributed by atoms with E-state index in [1.54, 1.807) is 12.1 Å². The summed E-state index contributed by atoms with van der Waals surface area (Å²) in [5.41, 5.74) is 0.0236. The van der Waals surface area contributed by atoms with Gasteiger partial charge in [-0.25, -0.2) is 13.2 Å². The Hall–Kier alpha value is -1.08. The summed E-state index contributed by atoms with van der Waals surface area (Å²) in [6.07, 6.45) is 1.25. The van der Waals surface area contributed by atoms with Crippen molar-refractivity contribution < 1.29 is 18.3 Å². The molecule has 0 radical (unpaired) electrons. The number of aromatic carboxylic acids is 1. The van der Waals surface area contributed by atoms with Crippen LogP contribution in [0.1, 0.15) is 23.2 Å². The molecule has 1 aromatic rings. The molecule has 0 bridgehead atoms. The number of benzene rings is 1. The van der Waals surface area contributed by atoms with Crippen molar-refractivity contribution in [2.75, 3.05) is 4.72 Å². The van der Waals surface area contributed by atoms with Crippen LogP contribution in [0.15, 0.2) is 22.7 Å². The van der Waals surface area contributed by atoms with Crippen molar-refractivity contribution in [3.05, 3.63) is 28.2 Å². The molecule has 2 rings (SSSR count). The van der Waals surface area contributed by atoms with Gasteiger partial charge in [0.05, 0.1) is 16.5 Å². The highest BCUT2D eigenvalue weighted by molar-refractivity contribution is 9.10. The topological polar surface area (TPSA) is 83.5 Å². The molecule has 5 nitrogen and oxygen atoms in total. The van der Waals surface area contributed by atoms with Gasteiger partial charge in [0.25, 0.3) is 0 Å². The van der Waals surface area contributed by atoms with E-state index in [4.69, 9.17) is 5.11 Å². The minimum Gasteiger partial charge on any atom is -0.478 e. The standard InChI is InChI=1S/C10H10BrNO4S/c11-8-3-1-2-7(10(13)14)9(8)12-17(15,16)6-4-5-6/h1-3,6,12H,4-5H2,(H,13,14). The van der Waals surface area contributed by atoms with E-state index in [-0.39, 0.29) is 11.3 Å². The van der Waals surface area contributed by atoms with Crippen LogP contribution in [0.2, 0.25) is 0 Å². The third kappa shape index (κ3) is 2.61. The average molecular weight is 320 g/mol. The van der Waals surface area contributed by atoms with Gasteiger partial charge >= 0.3 is 5.97 Å². The van der Waals surface area contributed by atoms with Gasteiger partial charge in [0.15, 0.2) is 0 Å². The number of nitrogens with one attached hydrogen (secondary N) is 1. The van der Waals surface area contributed by atoms with Crippen LogP contribution in [-0.4, -0.2) is 24.7 Å². The highest BCUT2D eigenvalue weighted by Crippen LogP contribution is 2.33. The lowest BCUT2D eigenvalue weighted by molar-refractivity contribution is 0.0698. The number of rotatable bonds is 4. The fourth-order valence-corrected chi connectivity index (χ4v) is 3.43. The zero-order valence-corrected chi connectivity index (χ0v) is 11.1. The highest BCUT2D eigenvalue weighted by atomic mass is 79.9. The van der Waals surface area contributed by atoms with Crippen LogP contribution in [0.4, 0.5) is 5.69 Å². The van der Waals surface area contributed by atoms with Crippen molar-refractivity contribution >= 4 is 37.6 Å². The summed E-state index contributed by atoms with van der Waals surface area (Å²) in [4.78, 5) is 11.0. The molecule has 2 N–H and O–H groups in total. The molecule has 1 aliphatic rings. The third-order valence-corrected chi connectivity index (χ3v) is 4.95. The number of carboxylic acid groups (broad SMARTS) is 1. The molecule has 0 heterocycles. The van der Waals surface area contributed by atoms with Crippen LogP contribution in [0, 0.1) is 0 Å². The average Bonchev–Trinajstić information content (AvgIpc) is 3.03. The van der Waals surface area contributed by atoms with Crippen LogP contribution < -0.4 is 4.72 Å². The Labute approximate surface area is 107 Å². The lowest BCUT2D eigenvalue weighted by Crippen LogP contribution is -2.19. The van der Waals surface area contributed by atoms with E-state index >= 15 is 0 Å². The summed E-state index contributed by atoms with van der Waals surface area (Å²) < 4.78 is 26.3. The summed E-state index contributed by atoms with van der Waals surface area (Å²) in [5, 5.41) is 8.59. The Morgan fingerprint density at radius 3 is 2.59 bits per heavy atom. The minimum atomic E-state index is -3.46. The number of para-hydroxylation sites is 1. The predicted octanol–water partition coefficient (Wildman–Crippen LogP) is 2.05. The maximum Gasteiger partial charge on any atom is 0.337 e. The zero-order valence-electron chi connectivity index (χ0n) is 8.68. The molecule has 0 aromatic heterocycles. The van der Waals surface area contributed by atoms with Crippen LogP contribution in [0.3, 0.4) is 0 Å². The molecule has 0 atom stereocenters. The number of halogens is 1. The molecule has 0 unspecified atom stereocenters. The molecule has 0 aliphatic heterocycles. The zero-order chi connectivity index (χ0) is 12.6. The van der Waals surface area contributed by atoms with Gasteiger partial charge in [-0.3, -0.25) is 4.72 Å². The normalized spacial score (nSPS) is 15.6. The molecule has 17 heavy (non-hydrogen) atoms. The molecule has 1 saturated carbocycles. The van der Waals surface area contributed by atoms with Crippen molar-refractivity contribution in [2.24, 2.45) is 0 Å². The van der Waals surface area contributed by atoms with E-state index in [9.17, 15) is 13.2 Å². The van der Waals surface area contributed by atoms with Gasteiger partial charge in [-0.1, -0.05) is 6.07 Å². The SMILES string of the molecule is O=C(O)c1cccc(Br)c1NS(=O)(=O)C1CC1. The largest absolute Gasteiger partial charge is 0.478 e. The molecule has 7 heteroatoms. The van der Waals surface area contributed by atoms with Gasteiger partial charge in [-0.2, -0.15) is 0 Å². The number of anilines is 1. The lowest BCUT2D eigenvalue weighted by Gasteiger charge is -2.11. The van der Waals surface area contributed by atoms with Gasteiger partial charge in [0, 0.05) is 4.47 Å². The van der Waals surface area contributed by atoms with Gasteiger partial charge in [-0.15, -0.1) is 0 Å². The maximum atomic E-state index is 11.8. The molecular weight excluding hydrogens is 310 g/mol. The second kappa shape index (κ2) is 4.30. The smallest absolute Gasteiger partial charge is 0.337 e. The van der Waals surface area contributed by atoms with Crippen LogP contribution >= 0.6 is 15.9 Å². The van der Waals surface area contributed by atoms with E-state index in [1.807, 2.05) is 0 Å². The molecule has 0 spiro atoms. The number of hydrogen-bond donors (Lipinski definition) is 2. The Kier molecular flexibility index (Phi) is 3.13. The Morgan fingerprint density at radius 2 is 2.06 bits per heavy atom. The van der Waals surface area contributed by atoms with Crippen LogP contribution in [-0.2, 0) is 10.0 Å². The van der Waals surface area contributed by atoms with Gasteiger partial charge < -0.3 is 5.11 Å². The van der Waals surface area contributed by atoms with E-state index in [1.165, 1.54) is 6.07 Å². The van der Waals surface area contributed by atoms with Crippen molar-refractivity contribution in [3.63, 3.8) is 0 Å². The second-order valence-corrected chi connectivity index (χ2v) is 6.63. The molecular formula is C10H10BrNO4S. The number of hydrogen-bond acceptors (Lipinski definition) is 3. The fraction of sp³-hybridized carbons (Fsp3) is 0.300.